The van der Waals surface area contributed by atoms with Crippen molar-refractivity contribution in [1.82, 2.24) is 24.4 Å². The molecule has 0 bridgehead atoms. The molecule has 5 heteroatoms. The van der Waals surface area contributed by atoms with Gasteiger partial charge in [-0.1, -0.05) is 0 Å². The monoisotopic (exact) mass is 245 g/mol. The maximum absolute atomic E-state index is 4.50. The molecule has 1 N–H and O–H groups in total. The van der Waals surface area contributed by atoms with E-state index >= 15 is 0 Å². The Balaban J connectivity index is 1.80. The van der Waals surface area contributed by atoms with Gasteiger partial charge in [0.05, 0.1) is 6.42 Å². The van der Waals surface area contributed by atoms with Gasteiger partial charge in [0, 0.05) is 37.9 Å². The summed E-state index contributed by atoms with van der Waals surface area (Å²) >= 11 is 0. The molecule has 0 atom stereocenters. The average molecular weight is 245 g/mol. The van der Waals surface area contributed by atoms with Crippen LogP contribution in [0.15, 0.2) is 24.8 Å². The molecule has 96 valence electrons. The lowest BCUT2D eigenvalue weighted by Crippen LogP contribution is -2.30. The minimum atomic E-state index is 0.587. The smallest absolute Gasteiger partial charge is 0.116 e. The first-order chi connectivity index (χ1) is 8.84. The second kappa shape index (κ2) is 4.94. The SMILES string of the molecule is Cn1ccnc1Cc1nccn1C1CCNCC1. The second-order valence-electron chi connectivity index (χ2n) is 4.86. The van der Waals surface area contributed by atoms with Gasteiger partial charge in [-0.05, 0) is 25.9 Å². The van der Waals surface area contributed by atoms with E-state index in [-0.39, 0.29) is 0 Å². The van der Waals surface area contributed by atoms with Crippen molar-refractivity contribution in [3.8, 4) is 0 Å². The Morgan fingerprint density at radius 2 is 1.89 bits per heavy atom. The maximum atomic E-state index is 4.50. The lowest BCUT2D eigenvalue weighted by atomic mass is 10.1. The van der Waals surface area contributed by atoms with Gasteiger partial charge in [0.1, 0.15) is 11.6 Å². The lowest BCUT2D eigenvalue weighted by Gasteiger charge is -2.25. The Hall–Kier alpha value is -1.62. The van der Waals surface area contributed by atoms with Crippen LogP contribution in [0.5, 0.6) is 0 Å². The third kappa shape index (κ3) is 2.18. The van der Waals surface area contributed by atoms with Crippen molar-refractivity contribution in [1.29, 1.82) is 0 Å². The molecule has 2 aromatic heterocycles. The summed E-state index contributed by atoms with van der Waals surface area (Å²) < 4.78 is 4.39. The number of aromatic nitrogens is 4. The molecule has 0 aromatic carbocycles. The van der Waals surface area contributed by atoms with Gasteiger partial charge in [-0.15, -0.1) is 0 Å². The summed E-state index contributed by atoms with van der Waals surface area (Å²) in [5.41, 5.74) is 0. The van der Waals surface area contributed by atoms with Gasteiger partial charge in [-0.25, -0.2) is 9.97 Å². The minimum absolute atomic E-state index is 0.587. The zero-order chi connectivity index (χ0) is 12.4. The number of rotatable bonds is 3. The number of hydrogen-bond acceptors (Lipinski definition) is 3. The van der Waals surface area contributed by atoms with E-state index in [1.54, 1.807) is 0 Å². The van der Waals surface area contributed by atoms with E-state index < -0.39 is 0 Å². The molecule has 3 rings (SSSR count). The molecule has 0 saturated carbocycles. The zero-order valence-corrected chi connectivity index (χ0v) is 10.7. The van der Waals surface area contributed by atoms with Gasteiger partial charge in [0.2, 0.25) is 0 Å². The van der Waals surface area contributed by atoms with Crippen molar-refractivity contribution in [2.24, 2.45) is 7.05 Å². The molecule has 0 radical (unpaired) electrons. The Labute approximate surface area is 107 Å². The Bertz CT molecular complexity index is 507. The van der Waals surface area contributed by atoms with Crippen molar-refractivity contribution in [3.05, 3.63) is 36.4 Å². The summed E-state index contributed by atoms with van der Waals surface area (Å²) in [6.45, 7) is 2.20. The van der Waals surface area contributed by atoms with E-state index in [0.717, 1.165) is 31.2 Å². The molecule has 1 aliphatic heterocycles. The number of piperidine rings is 1. The van der Waals surface area contributed by atoms with Crippen LogP contribution < -0.4 is 5.32 Å². The highest BCUT2D eigenvalue weighted by Gasteiger charge is 2.18. The van der Waals surface area contributed by atoms with E-state index in [1.807, 2.05) is 25.6 Å². The average Bonchev–Trinajstić information content (AvgIpc) is 3.01. The van der Waals surface area contributed by atoms with Crippen LogP contribution in [0.2, 0.25) is 0 Å². The first-order valence-electron chi connectivity index (χ1n) is 6.53. The molecule has 1 fully saturated rings. The molecule has 2 aromatic rings. The topological polar surface area (TPSA) is 47.7 Å². The third-order valence-electron chi connectivity index (χ3n) is 3.69. The molecule has 0 spiro atoms. The van der Waals surface area contributed by atoms with Crippen LogP contribution in [0.3, 0.4) is 0 Å². The number of nitrogens with zero attached hydrogens (tertiary/aromatic N) is 4. The quantitative estimate of drug-likeness (QED) is 0.882. The largest absolute Gasteiger partial charge is 0.338 e. The summed E-state index contributed by atoms with van der Waals surface area (Å²) in [5.74, 6) is 2.19. The fourth-order valence-corrected chi connectivity index (χ4v) is 2.61. The fraction of sp³-hybridized carbons (Fsp3) is 0.538. The Morgan fingerprint density at radius 3 is 2.61 bits per heavy atom. The zero-order valence-electron chi connectivity index (χ0n) is 10.7. The first kappa shape index (κ1) is 11.5. The summed E-state index contributed by atoms with van der Waals surface area (Å²) in [6, 6.07) is 0.587. The van der Waals surface area contributed by atoms with Crippen molar-refractivity contribution < 1.29 is 0 Å². The second-order valence-corrected chi connectivity index (χ2v) is 4.86. The minimum Gasteiger partial charge on any atom is -0.338 e. The van der Waals surface area contributed by atoms with Crippen LogP contribution in [0.25, 0.3) is 0 Å². The molecule has 0 unspecified atom stereocenters. The van der Waals surface area contributed by atoms with E-state index in [0.29, 0.717) is 6.04 Å². The molecule has 5 nitrogen and oxygen atoms in total. The van der Waals surface area contributed by atoms with Gasteiger partial charge in [-0.2, -0.15) is 0 Å². The summed E-state index contributed by atoms with van der Waals surface area (Å²) in [6.07, 6.45) is 11.0. The number of aryl methyl sites for hydroxylation is 1. The summed E-state index contributed by atoms with van der Waals surface area (Å²) in [7, 11) is 2.03. The first-order valence-corrected chi connectivity index (χ1v) is 6.53. The molecular formula is C13H19N5. The van der Waals surface area contributed by atoms with E-state index in [9.17, 15) is 0 Å². The van der Waals surface area contributed by atoms with Gasteiger partial charge in [0.25, 0.3) is 0 Å². The molecule has 1 aliphatic rings. The third-order valence-corrected chi connectivity index (χ3v) is 3.69. The highest BCUT2D eigenvalue weighted by molar-refractivity contribution is 5.06. The molecule has 0 aliphatic carbocycles. The normalized spacial score (nSPS) is 17.2. The number of hydrogen-bond donors (Lipinski definition) is 1. The van der Waals surface area contributed by atoms with Crippen LogP contribution >= 0.6 is 0 Å². The molecule has 18 heavy (non-hydrogen) atoms. The van der Waals surface area contributed by atoms with Crippen LogP contribution in [-0.2, 0) is 13.5 Å². The van der Waals surface area contributed by atoms with Crippen molar-refractivity contribution in [2.45, 2.75) is 25.3 Å². The lowest BCUT2D eigenvalue weighted by molar-refractivity contribution is 0.360. The fourth-order valence-electron chi connectivity index (χ4n) is 2.61. The Morgan fingerprint density at radius 1 is 1.17 bits per heavy atom. The maximum Gasteiger partial charge on any atom is 0.116 e. The Kier molecular flexibility index (Phi) is 3.15. The predicted molar refractivity (Wildman–Crippen MR) is 69.4 cm³/mol. The predicted octanol–water partition coefficient (Wildman–Crippen LogP) is 1.13. The van der Waals surface area contributed by atoms with Crippen LogP contribution in [0, 0.1) is 0 Å². The van der Waals surface area contributed by atoms with E-state index in [2.05, 4.69) is 30.6 Å². The summed E-state index contributed by atoms with van der Waals surface area (Å²) in [5, 5.41) is 3.40. The van der Waals surface area contributed by atoms with Crippen molar-refractivity contribution in [2.75, 3.05) is 13.1 Å². The van der Waals surface area contributed by atoms with Crippen LogP contribution in [0.1, 0.15) is 30.5 Å². The van der Waals surface area contributed by atoms with Crippen molar-refractivity contribution >= 4 is 0 Å². The summed E-state index contributed by atoms with van der Waals surface area (Å²) in [4.78, 5) is 8.87. The highest BCUT2D eigenvalue weighted by Crippen LogP contribution is 2.21. The van der Waals surface area contributed by atoms with Gasteiger partial charge >= 0.3 is 0 Å². The van der Waals surface area contributed by atoms with Crippen LogP contribution in [-0.4, -0.2) is 32.2 Å². The van der Waals surface area contributed by atoms with Crippen LogP contribution in [0.4, 0.5) is 0 Å². The molecule has 1 saturated heterocycles. The molecule has 0 amide bonds. The standard InChI is InChI=1S/C13H19N5/c1-17-8-6-15-12(17)10-13-16-7-9-18(13)11-2-4-14-5-3-11/h6-9,11,14H,2-5,10H2,1H3. The van der Waals surface area contributed by atoms with E-state index in [4.69, 9.17) is 0 Å². The highest BCUT2D eigenvalue weighted by atomic mass is 15.1. The van der Waals surface area contributed by atoms with E-state index in [1.165, 1.54) is 12.8 Å². The van der Waals surface area contributed by atoms with Crippen molar-refractivity contribution in [3.63, 3.8) is 0 Å². The molecular weight excluding hydrogens is 226 g/mol. The number of nitrogens with one attached hydrogen (secondary N) is 1. The van der Waals surface area contributed by atoms with Gasteiger partial charge in [-0.3, -0.25) is 0 Å². The van der Waals surface area contributed by atoms with Gasteiger partial charge < -0.3 is 14.5 Å². The number of imidazole rings is 2. The van der Waals surface area contributed by atoms with Gasteiger partial charge in [0.15, 0.2) is 0 Å². The molecule has 3 heterocycles.